The average Bonchev–Trinajstić information content (AvgIpc) is 1.43. The molecule has 2 unspecified atom stereocenters. The molecular formula is CH4NO8P3-4. The van der Waals surface area contributed by atoms with Crippen molar-refractivity contribution in [2.45, 2.75) is 0 Å². The lowest BCUT2D eigenvalue weighted by molar-refractivity contribution is -0.317. The average molecular weight is 251 g/mol. The van der Waals surface area contributed by atoms with Gasteiger partial charge in [-0.3, -0.25) is 8.88 Å². The molecule has 0 aromatic rings. The lowest BCUT2D eigenvalue weighted by Crippen LogP contribution is -2.30. The highest BCUT2D eigenvalue weighted by atomic mass is 31.3. The fourth-order valence-corrected chi connectivity index (χ4v) is 3.60. The summed E-state index contributed by atoms with van der Waals surface area (Å²) in [6, 6.07) is 0. The standard InChI is InChI=1S/CH8NO8P3/c1-11(3,4)10-13(8,9)2-12(5,6)7/h1H3,(H,3,4)(H4,2,5,6,7,8,9)/p-4. The molecule has 0 aromatic carbocycles. The number of hydrogen-bond acceptors (Lipinski definition) is 8. The molecule has 0 rings (SSSR count). The van der Waals surface area contributed by atoms with Crippen LogP contribution >= 0.6 is 23.1 Å². The Morgan fingerprint density at radius 2 is 1.46 bits per heavy atom. The summed E-state index contributed by atoms with van der Waals surface area (Å²) in [7, 11) is -15.6. The first-order valence-electron chi connectivity index (χ1n) is 2.54. The Hall–Kier alpha value is 0.450. The molecule has 9 nitrogen and oxygen atoms in total. The molecule has 13 heavy (non-hydrogen) atoms. The maximum absolute atomic E-state index is 10.4. The van der Waals surface area contributed by atoms with Crippen LogP contribution in [0.15, 0.2) is 0 Å². The summed E-state index contributed by atoms with van der Waals surface area (Å²) in [6.07, 6.45) is 0. The van der Waals surface area contributed by atoms with E-state index in [2.05, 4.69) is 4.31 Å². The second-order valence-corrected chi connectivity index (χ2v) is 6.93. The van der Waals surface area contributed by atoms with Crippen LogP contribution in [0.2, 0.25) is 0 Å². The number of rotatable bonds is 4. The molecule has 0 saturated carbocycles. The van der Waals surface area contributed by atoms with Gasteiger partial charge < -0.3 is 28.7 Å². The van der Waals surface area contributed by atoms with Crippen LogP contribution in [0, 0.1) is 0 Å². The summed E-state index contributed by atoms with van der Waals surface area (Å²) in [6.45, 7) is 0.403. The molecule has 12 heteroatoms. The van der Waals surface area contributed by atoms with E-state index in [0.717, 1.165) is 0 Å². The highest BCUT2D eigenvalue weighted by molar-refractivity contribution is 7.69. The third-order valence-corrected chi connectivity index (χ3v) is 4.51. The zero-order chi connectivity index (χ0) is 10.9. The van der Waals surface area contributed by atoms with Gasteiger partial charge in [0.15, 0.2) is 0 Å². The fraction of sp³-hybridized carbons (Fsp3) is 1.00. The van der Waals surface area contributed by atoms with Crippen molar-refractivity contribution >= 4 is 23.1 Å². The van der Waals surface area contributed by atoms with Crippen molar-refractivity contribution in [1.29, 1.82) is 0 Å². The molecule has 0 bridgehead atoms. The Morgan fingerprint density at radius 1 is 1.08 bits per heavy atom. The molecule has 0 radical (unpaired) electrons. The maximum Gasteiger partial charge on any atom is 0.213 e. The number of nitrogens with one attached hydrogen (secondary N) is 1. The highest BCUT2D eigenvalue weighted by Gasteiger charge is 2.14. The third-order valence-electron chi connectivity index (χ3n) is 0.501. The molecule has 0 saturated heterocycles. The van der Waals surface area contributed by atoms with Gasteiger partial charge in [-0.1, -0.05) is 0 Å². The molecule has 0 spiro atoms. The van der Waals surface area contributed by atoms with E-state index in [-0.39, 0.29) is 0 Å². The van der Waals surface area contributed by atoms with Crippen LogP contribution in [0.5, 0.6) is 0 Å². The quantitative estimate of drug-likeness (QED) is 0.514. The molecule has 0 aliphatic rings. The summed E-state index contributed by atoms with van der Waals surface area (Å²) in [5.41, 5.74) is 0. The van der Waals surface area contributed by atoms with E-state index in [1.54, 1.807) is 0 Å². The van der Waals surface area contributed by atoms with Gasteiger partial charge >= 0.3 is 0 Å². The Labute approximate surface area is 73.1 Å². The van der Waals surface area contributed by atoms with Crippen LogP contribution in [0.4, 0.5) is 0 Å². The molecule has 0 amide bonds. The molecule has 0 aliphatic heterocycles. The van der Waals surface area contributed by atoms with E-state index in [0.29, 0.717) is 11.5 Å². The summed E-state index contributed by atoms with van der Waals surface area (Å²) in [4.78, 5) is 40.8. The van der Waals surface area contributed by atoms with Crippen LogP contribution in [-0.2, 0) is 18.0 Å². The van der Waals surface area contributed by atoms with Crippen molar-refractivity contribution in [3.63, 3.8) is 0 Å². The summed E-state index contributed by atoms with van der Waals surface area (Å²) in [5.74, 6) is 0. The van der Waals surface area contributed by atoms with Gasteiger partial charge in [-0.05, 0) is 0 Å². The van der Waals surface area contributed by atoms with Crippen LogP contribution in [0.25, 0.3) is 0 Å². The smallest absolute Gasteiger partial charge is 0.213 e. The molecule has 0 fully saturated rings. The minimum Gasteiger partial charge on any atom is -0.799 e. The molecular weight excluding hydrogens is 247 g/mol. The van der Waals surface area contributed by atoms with Gasteiger partial charge in [0.2, 0.25) is 7.75 Å². The summed E-state index contributed by atoms with van der Waals surface area (Å²) in [5, 5.41) is 0. The Balaban J connectivity index is 4.54. The summed E-state index contributed by atoms with van der Waals surface area (Å²) >= 11 is 0. The van der Waals surface area contributed by atoms with Crippen molar-refractivity contribution < 1.29 is 37.6 Å². The molecule has 1 N–H and O–H groups in total. The lowest BCUT2D eigenvalue weighted by atomic mass is 12.0. The largest absolute Gasteiger partial charge is 0.799 e. The second kappa shape index (κ2) is 3.90. The van der Waals surface area contributed by atoms with Gasteiger partial charge in [0.25, 0.3) is 0 Å². The Bertz CT molecular complexity index is 281. The van der Waals surface area contributed by atoms with Crippen molar-refractivity contribution in [2.75, 3.05) is 6.66 Å². The van der Waals surface area contributed by atoms with Crippen molar-refractivity contribution in [2.24, 2.45) is 0 Å². The van der Waals surface area contributed by atoms with E-state index < -0.39 is 23.1 Å². The van der Waals surface area contributed by atoms with Crippen molar-refractivity contribution in [3.05, 3.63) is 0 Å². The van der Waals surface area contributed by atoms with Gasteiger partial charge in [0, 0.05) is 14.4 Å². The maximum atomic E-state index is 10.4. The van der Waals surface area contributed by atoms with Crippen LogP contribution in [-0.4, -0.2) is 6.66 Å². The Morgan fingerprint density at radius 3 is 1.69 bits per heavy atom. The Kier molecular flexibility index (Phi) is 4.04. The zero-order valence-corrected chi connectivity index (χ0v) is 8.79. The molecule has 2 atom stereocenters. The van der Waals surface area contributed by atoms with E-state index in [9.17, 15) is 33.3 Å². The van der Waals surface area contributed by atoms with Crippen molar-refractivity contribution in [3.8, 4) is 0 Å². The van der Waals surface area contributed by atoms with Crippen molar-refractivity contribution in [1.82, 2.24) is 4.86 Å². The SMILES string of the molecule is CP(=O)([O-])OP(=O)([O-])NP(=O)([O-])[O-]. The van der Waals surface area contributed by atoms with Gasteiger partial charge in [0.1, 0.15) is 7.60 Å². The van der Waals surface area contributed by atoms with Gasteiger partial charge in [0.05, 0.1) is 0 Å². The monoisotopic (exact) mass is 251 g/mol. The van der Waals surface area contributed by atoms with E-state index in [1.165, 1.54) is 0 Å². The van der Waals surface area contributed by atoms with Crippen LogP contribution < -0.4 is 24.4 Å². The first kappa shape index (κ1) is 13.4. The van der Waals surface area contributed by atoms with E-state index in [4.69, 9.17) is 0 Å². The molecule has 0 aromatic heterocycles. The molecule has 80 valence electrons. The molecule has 0 heterocycles. The lowest BCUT2D eigenvalue weighted by Gasteiger charge is -2.38. The van der Waals surface area contributed by atoms with Gasteiger partial charge in [-0.15, -0.1) is 0 Å². The zero-order valence-electron chi connectivity index (χ0n) is 6.11. The predicted molar refractivity (Wildman–Crippen MR) is 33.0 cm³/mol. The fourth-order valence-electron chi connectivity index (χ4n) is 0.364. The second-order valence-electron chi connectivity index (χ2n) is 1.95. The minimum atomic E-state index is -5.58. The van der Waals surface area contributed by atoms with Gasteiger partial charge in [-0.2, -0.15) is 0 Å². The predicted octanol–water partition coefficient (Wildman–Crippen LogP) is -2.93. The first-order valence-corrected chi connectivity index (χ1v) is 7.61. The topological polar surface area (TPSA) is 165 Å². The highest BCUT2D eigenvalue weighted by Crippen LogP contribution is 2.52. The van der Waals surface area contributed by atoms with Gasteiger partial charge in [-0.25, -0.2) is 4.86 Å². The minimum absolute atomic E-state index is 0.403. The van der Waals surface area contributed by atoms with E-state index in [1.807, 2.05) is 0 Å². The first-order chi connectivity index (χ1) is 5.41. The van der Waals surface area contributed by atoms with Crippen LogP contribution in [0.1, 0.15) is 0 Å². The summed E-state index contributed by atoms with van der Waals surface area (Å²) < 4.78 is 33.8. The third kappa shape index (κ3) is 8.77. The van der Waals surface area contributed by atoms with E-state index >= 15 is 0 Å². The molecule has 0 aliphatic carbocycles. The number of hydrogen-bond donors (Lipinski definition) is 1. The van der Waals surface area contributed by atoms with Crippen LogP contribution in [0.3, 0.4) is 0 Å². The normalized spacial score (nSPS) is 21.9.